The summed E-state index contributed by atoms with van der Waals surface area (Å²) < 4.78 is 0. The molecule has 1 rings (SSSR count). The highest BCUT2D eigenvalue weighted by Crippen LogP contribution is 2.15. The van der Waals surface area contributed by atoms with E-state index in [1.165, 1.54) is 0 Å². The van der Waals surface area contributed by atoms with Gasteiger partial charge in [-0.3, -0.25) is 4.79 Å². The van der Waals surface area contributed by atoms with E-state index in [9.17, 15) is 4.79 Å². The molecule has 15 heavy (non-hydrogen) atoms. The van der Waals surface area contributed by atoms with Gasteiger partial charge >= 0.3 is 5.97 Å². The average molecular weight is 206 g/mol. The minimum absolute atomic E-state index is 0.229. The van der Waals surface area contributed by atoms with Crippen LogP contribution in [0.5, 0.6) is 0 Å². The number of unbranched alkanes of at least 4 members (excludes halogenated alkanes) is 1. The van der Waals surface area contributed by atoms with Gasteiger partial charge in [-0.25, -0.2) is 0 Å². The molecule has 0 aliphatic carbocycles. The molecule has 0 radical (unpaired) electrons. The number of benzene rings is 1. The molecular weight excluding hydrogens is 188 g/mol. The summed E-state index contributed by atoms with van der Waals surface area (Å²) in [6.45, 7) is 2.08. The summed E-state index contributed by atoms with van der Waals surface area (Å²) >= 11 is 0. The summed E-state index contributed by atoms with van der Waals surface area (Å²) in [7, 11) is 0. The Morgan fingerprint density at radius 3 is 2.53 bits per heavy atom. The molecule has 1 aromatic carbocycles. The largest absolute Gasteiger partial charge is 0.481 e. The number of aliphatic carboxylic acids is 1. The molecule has 0 aliphatic rings. The zero-order chi connectivity index (χ0) is 11.1. The summed E-state index contributed by atoms with van der Waals surface area (Å²) in [6, 6.07) is 9.83. The SMILES string of the molecule is CCCCC(Cc1ccccc1)C(=O)O. The van der Waals surface area contributed by atoms with Crippen LogP contribution in [0, 0.1) is 5.92 Å². The fourth-order valence-corrected chi connectivity index (χ4v) is 1.66. The Morgan fingerprint density at radius 1 is 1.33 bits per heavy atom. The van der Waals surface area contributed by atoms with E-state index in [4.69, 9.17) is 5.11 Å². The minimum Gasteiger partial charge on any atom is -0.481 e. The van der Waals surface area contributed by atoms with Crippen molar-refractivity contribution < 1.29 is 9.90 Å². The molecule has 82 valence electrons. The van der Waals surface area contributed by atoms with E-state index in [2.05, 4.69) is 6.92 Å². The van der Waals surface area contributed by atoms with Gasteiger partial charge in [0.05, 0.1) is 5.92 Å². The first-order valence-corrected chi connectivity index (χ1v) is 5.50. The molecule has 0 saturated heterocycles. The average Bonchev–Trinajstić information content (AvgIpc) is 2.25. The molecule has 0 aliphatic heterocycles. The van der Waals surface area contributed by atoms with Crippen molar-refractivity contribution in [3.63, 3.8) is 0 Å². The predicted octanol–water partition coefficient (Wildman–Crippen LogP) is 3.12. The van der Waals surface area contributed by atoms with Crippen LogP contribution >= 0.6 is 0 Å². The summed E-state index contributed by atoms with van der Waals surface area (Å²) in [5.74, 6) is -0.903. The first kappa shape index (κ1) is 11.8. The van der Waals surface area contributed by atoms with Gasteiger partial charge in [0, 0.05) is 0 Å². The molecule has 2 nitrogen and oxygen atoms in total. The van der Waals surface area contributed by atoms with Crippen LogP contribution in [-0.4, -0.2) is 11.1 Å². The van der Waals surface area contributed by atoms with Gasteiger partial charge in [0.15, 0.2) is 0 Å². The Labute approximate surface area is 90.9 Å². The first-order chi connectivity index (χ1) is 7.24. The highest BCUT2D eigenvalue weighted by Gasteiger charge is 2.16. The highest BCUT2D eigenvalue weighted by atomic mass is 16.4. The van der Waals surface area contributed by atoms with Crippen molar-refractivity contribution in [3.05, 3.63) is 35.9 Å². The molecule has 0 heterocycles. The molecular formula is C13H18O2. The maximum absolute atomic E-state index is 11.0. The van der Waals surface area contributed by atoms with Crippen molar-refractivity contribution in [1.82, 2.24) is 0 Å². The van der Waals surface area contributed by atoms with Crippen molar-refractivity contribution in [1.29, 1.82) is 0 Å². The van der Waals surface area contributed by atoms with Crippen molar-refractivity contribution in [2.45, 2.75) is 32.6 Å². The van der Waals surface area contributed by atoms with Gasteiger partial charge in [-0.15, -0.1) is 0 Å². The van der Waals surface area contributed by atoms with E-state index in [-0.39, 0.29) is 5.92 Å². The zero-order valence-corrected chi connectivity index (χ0v) is 9.15. The molecule has 0 saturated carbocycles. The fourth-order valence-electron chi connectivity index (χ4n) is 1.66. The molecule has 2 heteroatoms. The van der Waals surface area contributed by atoms with Gasteiger partial charge in [-0.1, -0.05) is 50.1 Å². The lowest BCUT2D eigenvalue weighted by atomic mass is 9.94. The quantitative estimate of drug-likeness (QED) is 0.776. The lowest BCUT2D eigenvalue weighted by Crippen LogP contribution is -2.16. The Kier molecular flexibility index (Phi) is 4.88. The van der Waals surface area contributed by atoms with Crippen molar-refractivity contribution in [2.75, 3.05) is 0 Å². The normalized spacial score (nSPS) is 12.3. The van der Waals surface area contributed by atoms with Crippen LogP contribution in [0.3, 0.4) is 0 Å². The van der Waals surface area contributed by atoms with Crippen LogP contribution < -0.4 is 0 Å². The van der Waals surface area contributed by atoms with Crippen molar-refractivity contribution in [3.8, 4) is 0 Å². The number of carboxylic acids is 1. The fraction of sp³-hybridized carbons (Fsp3) is 0.462. The van der Waals surface area contributed by atoms with Gasteiger partial charge in [-0.05, 0) is 18.4 Å². The molecule has 1 N–H and O–H groups in total. The van der Waals surface area contributed by atoms with E-state index >= 15 is 0 Å². The standard InChI is InChI=1S/C13H18O2/c1-2-3-9-12(13(14)15)10-11-7-5-4-6-8-11/h4-8,12H,2-3,9-10H2,1H3,(H,14,15). The Balaban J connectivity index is 2.55. The summed E-state index contributed by atoms with van der Waals surface area (Å²) in [5.41, 5.74) is 1.11. The van der Waals surface area contributed by atoms with Gasteiger partial charge in [0.1, 0.15) is 0 Å². The van der Waals surface area contributed by atoms with Crippen LogP contribution in [0.25, 0.3) is 0 Å². The number of carbonyl (C=O) groups is 1. The maximum Gasteiger partial charge on any atom is 0.306 e. The maximum atomic E-state index is 11.0. The van der Waals surface area contributed by atoms with Crippen LogP contribution in [0.1, 0.15) is 31.7 Å². The van der Waals surface area contributed by atoms with E-state index in [0.717, 1.165) is 24.8 Å². The topological polar surface area (TPSA) is 37.3 Å². The predicted molar refractivity (Wildman–Crippen MR) is 60.8 cm³/mol. The molecule has 0 amide bonds. The van der Waals surface area contributed by atoms with E-state index in [1.54, 1.807) is 0 Å². The lowest BCUT2D eigenvalue weighted by molar-refractivity contribution is -0.141. The Morgan fingerprint density at radius 2 is 2.00 bits per heavy atom. The lowest BCUT2D eigenvalue weighted by Gasteiger charge is -2.11. The van der Waals surface area contributed by atoms with Crippen molar-refractivity contribution in [2.24, 2.45) is 5.92 Å². The van der Waals surface area contributed by atoms with Gasteiger partial charge in [0.25, 0.3) is 0 Å². The first-order valence-electron chi connectivity index (χ1n) is 5.50. The second kappa shape index (κ2) is 6.23. The van der Waals surface area contributed by atoms with E-state index in [1.807, 2.05) is 30.3 Å². The molecule has 0 fully saturated rings. The van der Waals surface area contributed by atoms with E-state index < -0.39 is 5.97 Å². The third-order valence-electron chi connectivity index (χ3n) is 2.58. The number of rotatable bonds is 6. The summed E-state index contributed by atoms with van der Waals surface area (Å²) in [4.78, 5) is 11.0. The highest BCUT2D eigenvalue weighted by molar-refractivity contribution is 5.70. The van der Waals surface area contributed by atoms with Gasteiger partial charge in [-0.2, -0.15) is 0 Å². The molecule has 0 bridgehead atoms. The van der Waals surface area contributed by atoms with Crippen LogP contribution in [0.4, 0.5) is 0 Å². The van der Waals surface area contributed by atoms with Gasteiger partial charge in [0.2, 0.25) is 0 Å². The van der Waals surface area contributed by atoms with Crippen molar-refractivity contribution >= 4 is 5.97 Å². The Bertz CT molecular complexity index is 293. The number of carboxylic acid groups (broad SMARTS) is 1. The molecule has 1 aromatic rings. The second-order valence-electron chi connectivity index (χ2n) is 3.87. The second-order valence-corrected chi connectivity index (χ2v) is 3.87. The van der Waals surface area contributed by atoms with Crippen LogP contribution in [-0.2, 0) is 11.2 Å². The number of hydrogen-bond donors (Lipinski definition) is 1. The number of hydrogen-bond acceptors (Lipinski definition) is 1. The zero-order valence-electron chi connectivity index (χ0n) is 9.15. The molecule has 0 spiro atoms. The van der Waals surface area contributed by atoms with E-state index in [0.29, 0.717) is 6.42 Å². The van der Waals surface area contributed by atoms with Crippen LogP contribution in [0.2, 0.25) is 0 Å². The molecule has 1 atom stereocenters. The molecule has 1 unspecified atom stereocenters. The third-order valence-corrected chi connectivity index (χ3v) is 2.58. The summed E-state index contributed by atoms with van der Waals surface area (Å²) in [5, 5.41) is 9.06. The minimum atomic E-state index is -0.674. The molecule has 0 aromatic heterocycles. The van der Waals surface area contributed by atoms with Gasteiger partial charge < -0.3 is 5.11 Å². The smallest absolute Gasteiger partial charge is 0.306 e. The Hall–Kier alpha value is -1.31. The summed E-state index contributed by atoms with van der Waals surface area (Å²) in [6.07, 6.45) is 3.47. The monoisotopic (exact) mass is 206 g/mol. The van der Waals surface area contributed by atoms with Crippen LogP contribution in [0.15, 0.2) is 30.3 Å². The third kappa shape index (κ3) is 4.15.